The van der Waals surface area contributed by atoms with E-state index < -0.39 is 0 Å². The van der Waals surface area contributed by atoms with E-state index in [4.69, 9.17) is 12.2 Å². The van der Waals surface area contributed by atoms with E-state index in [1.54, 1.807) is 0 Å². The van der Waals surface area contributed by atoms with Crippen LogP contribution in [0.1, 0.15) is 33.6 Å². The summed E-state index contributed by atoms with van der Waals surface area (Å²) in [5.41, 5.74) is 2.71. The summed E-state index contributed by atoms with van der Waals surface area (Å²) in [6, 6.07) is 8.37. The van der Waals surface area contributed by atoms with Gasteiger partial charge < -0.3 is 9.55 Å². The zero-order chi connectivity index (χ0) is 15.0. The Balaban J connectivity index is 1.88. The minimum atomic E-state index is 0.379. The van der Waals surface area contributed by atoms with Crippen LogP contribution in [0.4, 0.5) is 0 Å². The predicted octanol–water partition coefficient (Wildman–Crippen LogP) is 4.41. The maximum atomic E-state index is 5.52. The molecular weight excluding hydrogens is 278 g/mol. The van der Waals surface area contributed by atoms with Gasteiger partial charge in [0.2, 0.25) is 0 Å². The van der Waals surface area contributed by atoms with Gasteiger partial charge in [-0.15, -0.1) is 0 Å². The van der Waals surface area contributed by atoms with Crippen LogP contribution in [0.15, 0.2) is 24.3 Å². The van der Waals surface area contributed by atoms with Gasteiger partial charge >= 0.3 is 0 Å². The highest BCUT2D eigenvalue weighted by Crippen LogP contribution is 2.32. The number of para-hydroxylation sites is 2. The molecule has 4 heteroatoms. The van der Waals surface area contributed by atoms with E-state index in [0.717, 1.165) is 36.0 Å². The molecule has 1 aliphatic rings. The fourth-order valence-electron chi connectivity index (χ4n) is 3.77. The van der Waals surface area contributed by atoms with Crippen molar-refractivity contribution in [2.24, 2.45) is 11.3 Å². The van der Waals surface area contributed by atoms with Gasteiger partial charge in [-0.2, -0.15) is 0 Å². The summed E-state index contributed by atoms with van der Waals surface area (Å²) < 4.78 is 3.06. The molecule has 3 nitrogen and oxygen atoms in total. The quantitative estimate of drug-likeness (QED) is 0.831. The van der Waals surface area contributed by atoms with Crippen LogP contribution in [0.5, 0.6) is 0 Å². The second-order valence-electron chi connectivity index (χ2n) is 7.33. The van der Waals surface area contributed by atoms with Crippen molar-refractivity contribution in [2.45, 2.75) is 40.3 Å². The number of aromatic amines is 1. The minimum absolute atomic E-state index is 0.379. The fourth-order valence-corrected chi connectivity index (χ4v) is 4.03. The molecule has 1 aromatic heterocycles. The van der Waals surface area contributed by atoms with E-state index in [9.17, 15) is 0 Å². The average molecular weight is 303 g/mol. The minimum Gasteiger partial charge on any atom is -0.331 e. The molecule has 1 fully saturated rings. The number of rotatable bonds is 2. The Morgan fingerprint density at radius 1 is 1.33 bits per heavy atom. The first-order chi connectivity index (χ1) is 9.94. The number of nitrogens with zero attached hydrogens (tertiary/aromatic N) is 2. The molecule has 1 N–H and O–H groups in total. The fraction of sp³-hybridized carbons (Fsp3) is 0.588. The monoisotopic (exact) mass is 303 g/mol. The molecule has 0 bridgehead atoms. The summed E-state index contributed by atoms with van der Waals surface area (Å²) in [4.78, 5) is 5.87. The van der Waals surface area contributed by atoms with E-state index in [2.05, 4.69) is 59.5 Å². The zero-order valence-corrected chi connectivity index (χ0v) is 14.0. The predicted molar refractivity (Wildman–Crippen MR) is 90.9 cm³/mol. The zero-order valence-electron chi connectivity index (χ0n) is 13.2. The molecule has 1 saturated heterocycles. The largest absolute Gasteiger partial charge is 0.331 e. The summed E-state index contributed by atoms with van der Waals surface area (Å²) in [6.07, 6.45) is 2.59. The standard InChI is InChI=1S/C17H25N3S/c1-13-8-9-19(11-17(2,3)10-13)12-20-15-7-5-4-6-14(15)18-16(20)21/h4-7,13H,8-12H2,1-3H3,(H,18,21). The lowest BCUT2D eigenvalue weighted by molar-refractivity contribution is 0.159. The number of imidazole rings is 1. The van der Waals surface area contributed by atoms with Gasteiger partial charge in [-0.25, -0.2) is 0 Å². The molecule has 1 atom stereocenters. The molecule has 0 aliphatic carbocycles. The molecular formula is C17H25N3S. The summed E-state index contributed by atoms with van der Waals surface area (Å²) in [5.74, 6) is 0.806. The molecule has 0 spiro atoms. The van der Waals surface area contributed by atoms with Gasteiger partial charge in [-0.05, 0) is 48.5 Å². The lowest BCUT2D eigenvalue weighted by atomic mass is 9.83. The summed E-state index contributed by atoms with van der Waals surface area (Å²) in [6.45, 7) is 10.3. The van der Waals surface area contributed by atoms with Crippen LogP contribution in [0.3, 0.4) is 0 Å². The van der Waals surface area contributed by atoms with Crippen LogP contribution in [0.2, 0.25) is 0 Å². The molecule has 1 aromatic carbocycles. The lowest BCUT2D eigenvalue weighted by Crippen LogP contribution is -2.34. The highest BCUT2D eigenvalue weighted by molar-refractivity contribution is 7.71. The number of likely N-dealkylation sites (tertiary alicyclic amines) is 1. The Labute approximate surface area is 132 Å². The Morgan fingerprint density at radius 3 is 2.90 bits per heavy atom. The van der Waals surface area contributed by atoms with E-state index >= 15 is 0 Å². The topological polar surface area (TPSA) is 24.0 Å². The second-order valence-corrected chi connectivity index (χ2v) is 7.72. The number of aromatic nitrogens is 2. The molecule has 3 rings (SSSR count). The second kappa shape index (κ2) is 5.58. The molecule has 0 radical (unpaired) electrons. The van der Waals surface area contributed by atoms with E-state index in [1.165, 1.54) is 18.4 Å². The first-order valence-electron chi connectivity index (χ1n) is 7.84. The van der Waals surface area contributed by atoms with Gasteiger partial charge in [0, 0.05) is 13.1 Å². The number of fused-ring (bicyclic) bond motifs is 1. The SMILES string of the molecule is CC1CCN(Cn2c(=S)[nH]c3ccccc32)CC(C)(C)C1. The van der Waals surface area contributed by atoms with Gasteiger partial charge in [0.25, 0.3) is 0 Å². The number of benzene rings is 1. The highest BCUT2D eigenvalue weighted by atomic mass is 32.1. The first-order valence-corrected chi connectivity index (χ1v) is 8.25. The van der Waals surface area contributed by atoms with Gasteiger partial charge in [0.1, 0.15) is 0 Å². The van der Waals surface area contributed by atoms with Crippen molar-refractivity contribution in [3.8, 4) is 0 Å². The number of hydrogen-bond donors (Lipinski definition) is 1. The average Bonchev–Trinajstić information content (AvgIpc) is 2.63. The Kier molecular flexibility index (Phi) is 3.93. The Hall–Kier alpha value is -1.13. The van der Waals surface area contributed by atoms with Crippen LogP contribution in [-0.4, -0.2) is 27.5 Å². The molecule has 1 aliphatic heterocycles. The number of hydrogen-bond acceptors (Lipinski definition) is 2. The van der Waals surface area contributed by atoms with Gasteiger partial charge in [-0.3, -0.25) is 4.90 Å². The molecule has 0 amide bonds. The molecule has 21 heavy (non-hydrogen) atoms. The third kappa shape index (κ3) is 3.22. The Morgan fingerprint density at radius 2 is 2.10 bits per heavy atom. The third-order valence-corrected chi connectivity index (χ3v) is 4.84. The van der Waals surface area contributed by atoms with Crippen LogP contribution in [0, 0.1) is 16.1 Å². The number of nitrogens with one attached hydrogen (secondary N) is 1. The van der Waals surface area contributed by atoms with Crippen molar-refractivity contribution in [2.75, 3.05) is 13.1 Å². The molecule has 2 aromatic rings. The highest BCUT2D eigenvalue weighted by Gasteiger charge is 2.28. The van der Waals surface area contributed by atoms with Crippen LogP contribution in [-0.2, 0) is 6.67 Å². The third-order valence-electron chi connectivity index (χ3n) is 4.51. The van der Waals surface area contributed by atoms with E-state index in [0.29, 0.717) is 5.41 Å². The van der Waals surface area contributed by atoms with Gasteiger partial charge in [0.05, 0.1) is 17.7 Å². The van der Waals surface area contributed by atoms with Crippen molar-refractivity contribution in [1.29, 1.82) is 0 Å². The van der Waals surface area contributed by atoms with Crippen molar-refractivity contribution < 1.29 is 0 Å². The summed E-state index contributed by atoms with van der Waals surface area (Å²) in [5, 5.41) is 0. The van der Waals surface area contributed by atoms with Gasteiger partial charge in [0.15, 0.2) is 4.77 Å². The normalized spacial score (nSPS) is 23.3. The lowest BCUT2D eigenvalue weighted by Gasteiger charge is -2.30. The summed E-state index contributed by atoms with van der Waals surface area (Å²) in [7, 11) is 0. The molecule has 1 unspecified atom stereocenters. The maximum Gasteiger partial charge on any atom is 0.179 e. The van der Waals surface area contributed by atoms with Crippen LogP contribution < -0.4 is 0 Å². The smallest absolute Gasteiger partial charge is 0.179 e. The van der Waals surface area contributed by atoms with Crippen molar-refractivity contribution in [3.05, 3.63) is 29.0 Å². The molecule has 0 saturated carbocycles. The Bertz CT molecular complexity index is 683. The first kappa shape index (κ1) is 14.8. The van der Waals surface area contributed by atoms with E-state index in [1.807, 2.05) is 0 Å². The molecule has 114 valence electrons. The van der Waals surface area contributed by atoms with E-state index in [-0.39, 0.29) is 0 Å². The number of H-pyrrole nitrogens is 1. The van der Waals surface area contributed by atoms with Crippen molar-refractivity contribution >= 4 is 23.3 Å². The van der Waals surface area contributed by atoms with Crippen LogP contribution >= 0.6 is 12.2 Å². The van der Waals surface area contributed by atoms with Crippen LogP contribution in [0.25, 0.3) is 11.0 Å². The van der Waals surface area contributed by atoms with Gasteiger partial charge in [-0.1, -0.05) is 32.9 Å². The van der Waals surface area contributed by atoms with Crippen molar-refractivity contribution in [3.63, 3.8) is 0 Å². The molecule has 2 heterocycles. The maximum absolute atomic E-state index is 5.52. The van der Waals surface area contributed by atoms with Crippen molar-refractivity contribution in [1.82, 2.24) is 14.5 Å². The summed E-state index contributed by atoms with van der Waals surface area (Å²) >= 11 is 5.52.